The van der Waals surface area contributed by atoms with E-state index in [0.29, 0.717) is 0 Å². The minimum atomic E-state index is 1.19. The monoisotopic (exact) mass is 234 g/mol. The van der Waals surface area contributed by atoms with Crippen molar-refractivity contribution in [3.8, 4) is 0 Å². The normalized spacial score (nSPS) is 17.6. The third-order valence-electron chi connectivity index (χ3n) is 1.63. The van der Waals surface area contributed by atoms with Crippen molar-refractivity contribution in [1.82, 2.24) is 0 Å². The highest BCUT2D eigenvalue weighted by atomic mass is 127. The van der Waals surface area contributed by atoms with E-state index in [1.165, 1.54) is 17.3 Å². The van der Waals surface area contributed by atoms with Crippen molar-refractivity contribution >= 4 is 22.6 Å². The minimum Gasteiger partial charge on any atom is -0.0815 e. The molecular formula is C8H11I. The van der Waals surface area contributed by atoms with Gasteiger partial charge in [-0.15, -0.1) is 0 Å². The predicted octanol–water partition coefficient (Wildman–Crippen LogP) is 3.09. The zero-order valence-corrected chi connectivity index (χ0v) is 7.81. The molecule has 0 spiro atoms. The summed E-state index contributed by atoms with van der Waals surface area (Å²) < 4.78 is 1.19. The number of hydrogen-bond donors (Lipinski definition) is 0. The molecule has 50 valence electrons. The molecule has 0 bridgehead atoms. The Bertz CT molecular complexity index is 136. The van der Waals surface area contributed by atoms with E-state index in [0.717, 1.165) is 0 Å². The molecule has 1 aliphatic carbocycles. The zero-order chi connectivity index (χ0) is 6.69. The van der Waals surface area contributed by atoms with Crippen molar-refractivity contribution in [3.63, 3.8) is 0 Å². The van der Waals surface area contributed by atoms with E-state index in [-0.39, 0.29) is 0 Å². The van der Waals surface area contributed by atoms with Crippen molar-refractivity contribution < 1.29 is 0 Å². The summed E-state index contributed by atoms with van der Waals surface area (Å²) in [6, 6.07) is 0. The van der Waals surface area contributed by atoms with E-state index in [1.807, 2.05) is 0 Å². The third-order valence-corrected chi connectivity index (χ3v) is 2.61. The van der Waals surface area contributed by atoms with E-state index < -0.39 is 0 Å². The highest BCUT2D eigenvalue weighted by molar-refractivity contribution is 14.1. The van der Waals surface area contributed by atoms with Gasteiger partial charge in [-0.3, -0.25) is 0 Å². The second-order valence-electron chi connectivity index (χ2n) is 2.31. The molecule has 0 aliphatic heterocycles. The number of allylic oxidation sites excluding steroid dienone is 4. The van der Waals surface area contributed by atoms with Crippen molar-refractivity contribution in [2.45, 2.75) is 19.8 Å². The maximum atomic E-state index is 2.41. The summed E-state index contributed by atoms with van der Waals surface area (Å²) in [7, 11) is 0. The Morgan fingerprint density at radius 1 is 1.44 bits per heavy atom. The molecule has 9 heavy (non-hydrogen) atoms. The van der Waals surface area contributed by atoms with Crippen molar-refractivity contribution in [2.75, 3.05) is 4.43 Å². The van der Waals surface area contributed by atoms with Crippen molar-refractivity contribution in [2.24, 2.45) is 0 Å². The Labute approximate surface area is 70.2 Å². The average Bonchev–Trinajstić information content (AvgIpc) is 2.34. The van der Waals surface area contributed by atoms with Gasteiger partial charge in [0.25, 0.3) is 0 Å². The molecule has 1 aliphatic rings. The molecule has 0 unspecified atom stereocenters. The van der Waals surface area contributed by atoms with Crippen LogP contribution in [0.4, 0.5) is 0 Å². The first-order chi connectivity index (χ1) is 4.36. The van der Waals surface area contributed by atoms with Crippen molar-refractivity contribution in [1.29, 1.82) is 0 Å². The summed E-state index contributed by atoms with van der Waals surface area (Å²) in [6.45, 7) is 2.22. The quantitative estimate of drug-likeness (QED) is 0.508. The molecule has 0 aromatic heterocycles. The number of hydrogen-bond acceptors (Lipinski definition) is 0. The molecule has 0 N–H and O–H groups in total. The standard InChI is InChI=1S/C8H11I/c1-2-7-3-4-8(5-7)6-9/h3-4H,2,5-6H2,1H3. The van der Waals surface area contributed by atoms with Crippen LogP contribution in [0.15, 0.2) is 23.3 Å². The highest BCUT2D eigenvalue weighted by Crippen LogP contribution is 2.22. The Morgan fingerprint density at radius 3 is 2.44 bits per heavy atom. The van der Waals surface area contributed by atoms with Gasteiger partial charge in [-0.25, -0.2) is 0 Å². The lowest BCUT2D eigenvalue weighted by molar-refractivity contribution is 1.02. The maximum absolute atomic E-state index is 2.41. The lowest BCUT2D eigenvalue weighted by atomic mass is 10.1. The molecule has 0 aromatic rings. The lowest BCUT2D eigenvalue weighted by Gasteiger charge is -1.96. The van der Waals surface area contributed by atoms with Gasteiger partial charge in [-0.2, -0.15) is 0 Å². The van der Waals surface area contributed by atoms with E-state index >= 15 is 0 Å². The Kier molecular flexibility index (Phi) is 2.76. The fourth-order valence-electron chi connectivity index (χ4n) is 0.980. The Morgan fingerprint density at radius 2 is 2.11 bits per heavy atom. The Balaban J connectivity index is 2.43. The molecule has 0 heterocycles. The summed E-state index contributed by atoms with van der Waals surface area (Å²) in [5.74, 6) is 0. The van der Waals surface area contributed by atoms with Crippen molar-refractivity contribution in [3.05, 3.63) is 23.3 Å². The van der Waals surface area contributed by atoms with Crippen LogP contribution >= 0.6 is 22.6 Å². The smallest absolute Gasteiger partial charge is 0.0212 e. The number of rotatable bonds is 2. The van der Waals surface area contributed by atoms with Crippen LogP contribution in [0.2, 0.25) is 0 Å². The third kappa shape index (κ3) is 1.81. The molecule has 0 saturated heterocycles. The van der Waals surface area contributed by atoms with Crippen LogP contribution in [0.25, 0.3) is 0 Å². The van der Waals surface area contributed by atoms with Gasteiger partial charge in [-0.05, 0) is 12.8 Å². The first kappa shape index (κ1) is 7.32. The summed E-state index contributed by atoms with van der Waals surface area (Å²) >= 11 is 2.41. The van der Waals surface area contributed by atoms with Crippen LogP contribution in [0, 0.1) is 0 Å². The van der Waals surface area contributed by atoms with Gasteiger partial charge in [0.05, 0.1) is 0 Å². The van der Waals surface area contributed by atoms with Crippen LogP contribution in [-0.4, -0.2) is 4.43 Å². The lowest BCUT2D eigenvalue weighted by Crippen LogP contribution is -1.80. The summed E-state index contributed by atoms with van der Waals surface area (Å²) in [4.78, 5) is 0. The van der Waals surface area contributed by atoms with Gasteiger partial charge in [0.2, 0.25) is 0 Å². The van der Waals surface area contributed by atoms with Crippen LogP contribution in [-0.2, 0) is 0 Å². The predicted molar refractivity (Wildman–Crippen MR) is 50.0 cm³/mol. The van der Waals surface area contributed by atoms with Crippen LogP contribution in [0.3, 0.4) is 0 Å². The van der Waals surface area contributed by atoms with E-state index in [4.69, 9.17) is 0 Å². The Hall–Kier alpha value is 0.210. The number of halogens is 1. The summed E-state index contributed by atoms with van der Waals surface area (Å²) in [6.07, 6.45) is 6.97. The zero-order valence-electron chi connectivity index (χ0n) is 5.65. The van der Waals surface area contributed by atoms with Gasteiger partial charge in [-0.1, -0.05) is 52.8 Å². The largest absolute Gasteiger partial charge is 0.0815 e. The fourth-order valence-corrected chi connectivity index (χ4v) is 1.50. The molecule has 0 atom stereocenters. The summed E-state index contributed by atoms with van der Waals surface area (Å²) in [5.41, 5.74) is 3.16. The van der Waals surface area contributed by atoms with Crippen LogP contribution in [0.5, 0.6) is 0 Å². The highest BCUT2D eigenvalue weighted by Gasteiger charge is 2.03. The second-order valence-corrected chi connectivity index (χ2v) is 3.08. The van der Waals surface area contributed by atoms with Gasteiger partial charge >= 0.3 is 0 Å². The molecule has 0 amide bonds. The van der Waals surface area contributed by atoms with Crippen LogP contribution < -0.4 is 0 Å². The van der Waals surface area contributed by atoms with E-state index in [2.05, 4.69) is 41.7 Å². The molecular weight excluding hydrogens is 223 g/mol. The average molecular weight is 234 g/mol. The molecule has 1 heteroatoms. The molecule has 0 fully saturated rings. The van der Waals surface area contributed by atoms with Gasteiger partial charge in [0.15, 0.2) is 0 Å². The van der Waals surface area contributed by atoms with Crippen LogP contribution in [0.1, 0.15) is 19.8 Å². The van der Waals surface area contributed by atoms with Gasteiger partial charge in [0, 0.05) is 4.43 Å². The van der Waals surface area contributed by atoms with Gasteiger partial charge < -0.3 is 0 Å². The molecule has 0 nitrogen and oxygen atoms in total. The number of alkyl halides is 1. The first-order valence-electron chi connectivity index (χ1n) is 3.30. The second kappa shape index (κ2) is 3.40. The fraction of sp³-hybridized carbons (Fsp3) is 0.500. The molecule has 0 saturated carbocycles. The topological polar surface area (TPSA) is 0 Å². The van der Waals surface area contributed by atoms with E-state index in [9.17, 15) is 0 Å². The first-order valence-corrected chi connectivity index (χ1v) is 4.82. The SMILES string of the molecule is CCC1=CC=C(CI)C1. The summed E-state index contributed by atoms with van der Waals surface area (Å²) in [5, 5.41) is 0. The minimum absolute atomic E-state index is 1.19. The maximum Gasteiger partial charge on any atom is 0.0212 e. The van der Waals surface area contributed by atoms with E-state index in [1.54, 1.807) is 11.1 Å². The van der Waals surface area contributed by atoms with Gasteiger partial charge in [0.1, 0.15) is 0 Å². The molecule has 0 radical (unpaired) electrons. The molecule has 0 aromatic carbocycles. The molecule has 1 rings (SSSR count).